The van der Waals surface area contributed by atoms with Gasteiger partial charge in [-0.25, -0.2) is 8.78 Å². The van der Waals surface area contributed by atoms with Crippen molar-refractivity contribution in [3.8, 4) is 11.5 Å². The van der Waals surface area contributed by atoms with Crippen molar-refractivity contribution in [1.29, 1.82) is 0 Å². The minimum atomic E-state index is -3.97. The number of hydrogen-bond donors (Lipinski definition) is 0. The molecule has 4 rings (SSSR count). The Bertz CT molecular complexity index is 1100. The van der Waals surface area contributed by atoms with E-state index in [4.69, 9.17) is 9.47 Å². The van der Waals surface area contributed by atoms with E-state index in [2.05, 4.69) is 16.4 Å². The van der Waals surface area contributed by atoms with Crippen molar-refractivity contribution in [2.45, 2.75) is 57.3 Å². The molecular weight excluding hydrogens is 521 g/mol. The van der Waals surface area contributed by atoms with E-state index < -0.39 is 46.9 Å². The summed E-state index contributed by atoms with van der Waals surface area (Å²) in [5.74, 6) is -4.96. The predicted octanol–water partition coefficient (Wildman–Crippen LogP) is 8.18. The molecule has 11 heteroatoms. The molecule has 2 fully saturated rings. The number of rotatable bonds is 8. The summed E-state index contributed by atoms with van der Waals surface area (Å²) in [4.78, 5) is 0. The van der Waals surface area contributed by atoms with Crippen molar-refractivity contribution in [3.63, 3.8) is 0 Å². The summed E-state index contributed by atoms with van der Waals surface area (Å²) in [5.41, 5.74) is 0.326. The average Bonchev–Trinajstić information content (AvgIpc) is 2.90. The molecule has 2 aromatic rings. The van der Waals surface area contributed by atoms with Crippen molar-refractivity contribution < 1.29 is 49.7 Å². The van der Waals surface area contributed by atoms with Gasteiger partial charge < -0.3 is 18.9 Å². The van der Waals surface area contributed by atoms with E-state index in [0.717, 1.165) is 37.7 Å². The Hall–Kier alpha value is -2.79. The Labute approximate surface area is 215 Å². The molecule has 1 aliphatic carbocycles. The lowest BCUT2D eigenvalue weighted by Crippen LogP contribution is -2.38. The summed E-state index contributed by atoms with van der Waals surface area (Å²) < 4.78 is 115. The van der Waals surface area contributed by atoms with E-state index in [1.807, 2.05) is 0 Å². The van der Waals surface area contributed by atoms with Crippen molar-refractivity contribution >= 4 is 0 Å². The zero-order chi connectivity index (χ0) is 27.4. The first kappa shape index (κ1) is 28.2. The van der Waals surface area contributed by atoms with Gasteiger partial charge in [-0.3, -0.25) is 0 Å². The molecule has 1 saturated carbocycles. The first-order valence-electron chi connectivity index (χ1n) is 12.4. The van der Waals surface area contributed by atoms with Crippen LogP contribution in [-0.2, 0) is 15.6 Å². The highest BCUT2D eigenvalue weighted by Gasteiger charge is 2.36. The van der Waals surface area contributed by atoms with Gasteiger partial charge in [0, 0.05) is 24.0 Å². The molecule has 1 saturated heterocycles. The monoisotopic (exact) mass is 548 g/mol. The second-order valence-corrected chi connectivity index (χ2v) is 9.51. The molecule has 0 amide bonds. The second kappa shape index (κ2) is 11.9. The normalized spacial score (nSPS) is 24.1. The van der Waals surface area contributed by atoms with E-state index in [-0.39, 0.29) is 24.3 Å². The fourth-order valence-electron chi connectivity index (χ4n) is 4.77. The lowest BCUT2D eigenvalue weighted by molar-refractivity contribution is -0.228. The molecule has 0 N–H and O–H groups in total. The minimum absolute atomic E-state index is 0.182. The van der Waals surface area contributed by atoms with Crippen LogP contribution in [0.2, 0.25) is 0 Å². The van der Waals surface area contributed by atoms with E-state index >= 15 is 0 Å². The van der Waals surface area contributed by atoms with E-state index in [1.165, 1.54) is 12.1 Å². The lowest BCUT2D eigenvalue weighted by atomic mass is 9.78. The van der Waals surface area contributed by atoms with Crippen LogP contribution in [0.4, 0.5) is 30.7 Å². The van der Waals surface area contributed by atoms with Gasteiger partial charge in [0.15, 0.2) is 17.9 Å². The Balaban J connectivity index is 1.36. The summed E-state index contributed by atoms with van der Waals surface area (Å²) in [6, 6.07) is 3.53. The SMILES string of the molecule is CCC1COC(C2CCC(c3ccc(C(F)(F)Oc4cc(F)c(OC(F)=C(F)F)c(F)c4)cc3)CC2)OC1. The topological polar surface area (TPSA) is 36.9 Å². The smallest absolute Gasteiger partial charge is 0.426 e. The zero-order valence-electron chi connectivity index (χ0n) is 20.5. The maximum absolute atomic E-state index is 14.7. The highest BCUT2D eigenvalue weighted by molar-refractivity contribution is 5.36. The van der Waals surface area contributed by atoms with E-state index in [0.29, 0.717) is 25.0 Å². The minimum Gasteiger partial charge on any atom is -0.429 e. The maximum atomic E-state index is 14.7. The summed E-state index contributed by atoms with van der Waals surface area (Å²) in [6.45, 7) is 3.50. The predicted molar refractivity (Wildman–Crippen MR) is 122 cm³/mol. The van der Waals surface area contributed by atoms with Crippen LogP contribution in [0.15, 0.2) is 48.5 Å². The van der Waals surface area contributed by atoms with Crippen LogP contribution < -0.4 is 9.47 Å². The number of ether oxygens (including phenoxy) is 4. The van der Waals surface area contributed by atoms with Crippen molar-refractivity contribution in [2.24, 2.45) is 11.8 Å². The van der Waals surface area contributed by atoms with Crippen LogP contribution in [0.1, 0.15) is 56.1 Å². The molecule has 1 aliphatic heterocycles. The Morgan fingerprint density at radius 3 is 2.03 bits per heavy atom. The van der Waals surface area contributed by atoms with Gasteiger partial charge in [-0.2, -0.15) is 22.0 Å². The number of hydrogen-bond acceptors (Lipinski definition) is 4. The first-order chi connectivity index (χ1) is 18.1. The third-order valence-corrected chi connectivity index (χ3v) is 7.00. The molecule has 1 heterocycles. The quantitative estimate of drug-likeness (QED) is 0.246. The molecular formula is C27H27F7O4. The largest absolute Gasteiger partial charge is 0.429 e. The van der Waals surface area contributed by atoms with Gasteiger partial charge in [-0.05, 0) is 55.7 Å². The Morgan fingerprint density at radius 2 is 1.50 bits per heavy atom. The van der Waals surface area contributed by atoms with Crippen LogP contribution >= 0.6 is 0 Å². The summed E-state index contributed by atoms with van der Waals surface area (Å²) >= 11 is 0. The maximum Gasteiger partial charge on any atom is 0.426 e. The number of benzene rings is 2. The van der Waals surface area contributed by atoms with Gasteiger partial charge in [-0.15, -0.1) is 0 Å². The molecule has 208 valence electrons. The molecule has 0 spiro atoms. The second-order valence-electron chi connectivity index (χ2n) is 9.51. The molecule has 2 aliphatic rings. The van der Waals surface area contributed by atoms with Crippen molar-refractivity contribution in [2.75, 3.05) is 13.2 Å². The van der Waals surface area contributed by atoms with Crippen molar-refractivity contribution in [1.82, 2.24) is 0 Å². The summed E-state index contributed by atoms with van der Waals surface area (Å²) in [5, 5.41) is 0. The molecule has 0 bridgehead atoms. The third kappa shape index (κ3) is 6.61. The highest BCUT2D eigenvalue weighted by atomic mass is 19.3. The van der Waals surface area contributed by atoms with Crippen LogP contribution in [-0.4, -0.2) is 19.5 Å². The Kier molecular flexibility index (Phi) is 8.87. The molecule has 4 nitrogen and oxygen atoms in total. The van der Waals surface area contributed by atoms with Crippen LogP contribution in [0, 0.1) is 23.5 Å². The first-order valence-corrected chi connectivity index (χ1v) is 12.4. The highest BCUT2D eigenvalue weighted by Crippen LogP contribution is 2.40. The zero-order valence-corrected chi connectivity index (χ0v) is 20.5. The van der Waals surface area contributed by atoms with Gasteiger partial charge in [0.05, 0.1) is 18.8 Å². The summed E-state index contributed by atoms with van der Waals surface area (Å²) in [6.07, 6.45) is -2.61. The van der Waals surface area contributed by atoms with Crippen molar-refractivity contribution in [3.05, 3.63) is 71.3 Å². The molecule has 2 aromatic carbocycles. The van der Waals surface area contributed by atoms with Gasteiger partial charge in [0.2, 0.25) is 5.75 Å². The van der Waals surface area contributed by atoms with Gasteiger partial charge >= 0.3 is 18.2 Å². The summed E-state index contributed by atoms with van der Waals surface area (Å²) in [7, 11) is 0. The molecule has 0 unspecified atom stereocenters. The third-order valence-electron chi connectivity index (χ3n) is 7.00. The molecule has 0 atom stereocenters. The lowest BCUT2D eigenvalue weighted by Gasteiger charge is -2.37. The van der Waals surface area contributed by atoms with Crippen LogP contribution in [0.3, 0.4) is 0 Å². The number of alkyl halides is 2. The van der Waals surface area contributed by atoms with E-state index in [1.54, 1.807) is 12.1 Å². The van der Waals surface area contributed by atoms with Crippen LogP contribution in [0.25, 0.3) is 0 Å². The molecule has 0 aromatic heterocycles. The standard InChI is InChI=1S/C27H27F7O4/c1-2-15-13-35-26(36-14-15)18-5-3-16(4-6-18)17-7-9-19(10-8-17)27(33,34)38-20-11-21(28)23(22(29)12-20)37-25(32)24(30)31/h7-12,15-16,18,26H,2-6,13-14H2,1H3. The molecule has 38 heavy (non-hydrogen) atoms. The van der Waals surface area contributed by atoms with Crippen LogP contribution in [0.5, 0.6) is 11.5 Å². The number of halogens is 7. The average molecular weight is 548 g/mol. The van der Waals surface area contributed by atoms with Gasteiger partial charge in [0.1, 0.15) is 5.75 Å². The molecule has 0 radical (unpaired) electrons. The Morgan fingerprint density at radius 1 is 0.921 bits per heavy atom. The van der Waals surface area contributed by atoms with E-state index in [9.17, 15) is 30.7 Å². The fourth-order valence-corrected chi connectivity index (χ4v) is 4.77. The van der Waals surface area contributed by atoms with Gasteiger partial charge in [-0.1, -0.05) is 19.1 Å². The van der Waals surface area contributed by atoms with Gasteiger partial charge in [0.25, 0.3) is 0 Å². The fraction of sp³-hybridized carbons (Fsp3) is 0.481.